The first-order valence-corrected chi connectivity index (χ1v) is 7.12. The van der Waals surface area contributed by atoms with Gasteiger partial charge >= 0.3 is 0 Å². The summed E-state index contributed by atoms with van der Waals surface area (Å²) in [5.41, 5.74) is 4.79. The smallest absolute Gasteiger partial charge is 0.279 e. The normalized spacial score (nSPS) is 11.4. The van der Waals surface area contributed by atoms with Crippen LogP contribution in [0, 0.1) is 5.82 Å². The Kier molecular flexibility index (Phi) is 5.54. The van der Waals surface area contributed by atoms with Crippen LogP contribution in [0.3, 0.4) is 0 Å². The minimum atomic E-state index is -0.989. The molecular formula is C16H14ClFN2O3. The molecule has 0 saturated carbocycles. The van der Waals surface area contributed by atoms with Gasteiger partial charge in [0.05, 0.1) is 0 Å². The van der Waals surface area contributed by atoms with Gasteiger partial charge in [-0.15, -0.1) is 0 Å². The number of amides is 2. The first kappa shape index (κ1) is 16.8. The van der Waals surface area contributed by atoms with Crippen molar-refractivity contribution in [1.82, 2.24) is 10.9 Å². The predicted octanol–water partition coefficient (Wildman–Crippen LogP) is 2.71. The first-order valence-electron chi connectivity index (χ1n) is 6.74. The van der Waals surface area contributed by atoms with Gasteiger partial charge in [-0.05, 0) is 43.3 Å². The van der Waals surface area contributed by atoms with Gasteiger partial charge in [-0.2, -0.15) is 0 Å². The van der Waals surface area contributed by atoms with Crippen LogP contribution in [0.4, 0.5) is 4.39 Å². The number of hydrogen-bond acceptors (Lipinski definition) is 3. The van der Waals surface area contributed by atoms with Gasteiger partial charge < -0.3 is 4.74 Å². The van der Waals surface area contributed by atoms with E-state index in [9.17, 15) is 14.0 Å². The number of halogens is 2. The second-order valence-corrected chi connectivity index (χ2v) is 5.08. The number of carbonyl (C=O) groups excluding carboxylic acids is 2. The standard InChI is InChI=1S/C16H14ClFN2O3/c1-10(23-14-5-3-2-4-13(14)18)15(21)19-20-16(22)11-6-8-12(17)9-7-11/h2-10H,1H3,(H,19,21)(H,20,22). The molecule has 23 heavy (non-hydrogen) atoms. The van der Waals surface area contributed by atoms with E-state index in [2.05, 4.69) is 10.9 Å². The van der Waals surface area contributed by atoms with Crippen LogP contribution in [0.5, 0.6) is 5.75 Å². The molecule has 2 aromatic rings. The topological polar surface area (TPSA) is 67.4 Å². The fourth-order valence-corrected chi connectivity index (χ4v) is 1.80. The number of benzene rings is 2. The molecule has 0 aliphatic rings. The summed E-state index contributed by atoms with van der Waals surface area (Å²) >= 11 is 5.73. The van der Waals surface area contributed by atoms with Gasteiger partial charge in [-0.1, -0.05) is 23.7 Å². The minimum absolute atomic E-state index is 0.0424. The van der Waals surface area contributed by atoms with Crippen LogP contribution >= 0.6 is 11.6 Å². The number of rotatable bonds is 4. The molecule has 2 amide bonds. The highest BCUT2D eigenvalue weighted by Gasteiger charge is 2.17. The second kappa shape index (κ2) is 7.60. The number of carbonyl (C=O) groups is 2. The van der Waals surface area contributed by atoms with E-state index in [0.717, 1.165) is 0 Å². The van der Waals surface area contributed by atoms with Crippen molar-refractivity contribution in [2.45, 2.75) is 13.0 Å². The van der Waals surface area contributed by atoms with E-state index in [1.54, 1.807) is 18.2 Å². The van der Waals surface area contributed by atoms with E-state index in [1.165, 1.54) is 37.3 Å². The first-order chi connectivity index (χ1) is 11.0. The Hall–Kier alpha value is -2.60. The molecule has 5 nitrogen and oxygen atoms in total. The van der Waals surface area contributed by atoms with Gasteiger partial charge in [0, 0.05) is 10.6 Å². The van der Waals surface area contributed by atoms with Crippen LogP contribution in [0.1, 0.15) is 17.3 Å². The monoisotopic (exact) mass is 336 g/mol. The van der Waals surface area contributed by atoms with Crippen molar-refractivity contribution in [3.63, 3.8) is 0 Å². The van der Waals surface area contributed by atoms with Crippen molar-refractivity contribution in [2.24, 2.45) is 0 Å². The maximum absolute atomic E-state index is 13.4. The molecule has 1 unspecified atom stereocenters. The summed E-state index contributed by atoms with van der Waals surface area (Å²) in [6, 6.07) is 11.9. The molecule has 0 radical (unpaired) electrons. The molecule has 2 aromatic carbocycles. The predicted molar refractivity (Wildman–Crippen MR) is 83.6 cm³/mol. The zero-order valence-electron chi connectivity index (χ0n) is 12.2. The molecular weight excluding hydrogens is 323 g/mol. The Labute approximate surface area is 137 Å². The summed E-state index contributed by atoms with van der Waals surface area (Å²) in [5, 5.41) is 0.498. The third kappa shape index (κ3) is 4.69. The van der Waals surface area contributed by atoms with Gasteiger partial charge in [-0.3, -0.25) is 20.4 Å². The van der Waals surface area contributed by atoms with Gasteiger partial charge in [-0.25, -0.2) is 4.39 Å². The van der Waals surface area contributed by atoms with Crippen molar-refractivity contribution < 1.29 is 18.7 Å². The van der Waals surface area contributed by atoms with E-state index >= 15 is 0 Å². The van der Waals surface area contributed by atoms with Crippen LogP contribution in [0.2, 0.25) is 5.02 Å². The summed E-state index contributed by atoms with van der Waals surface area (Å²) in [4.78, 5) is 23.7. The van der Waals surface area contributed by atoms with Crippen LogP contribution < -0.4 is 15.6 Å². The van der Waals surface area contributed by atoms with Crippen LogP contribution in [-0.2, 0) is 4.79 Å². The molecule has 1 atom stereocenters. The van der Waals surface area contributed by atoms with Crippen molar-refractivity contribution in [3.05, 3.63) is 64.9 Å². The summed E-state index contributed by atoms with van der Waals surface area (Å²) in [7, 11) is 0. The fourth-order valence-electron chi connectivity index (χ4n) is 1.68. The third-order valence-electron chi connectivity index (χ3n) is 2.92. The van der Waals surface area contributed by atoms with E-state index in [-0.39, 0.29) is 5.75 Å². The highest BCUT2D eigenvalue weighted by atomic mass is 35.5. The number of nitrogens with one attached hydrogen (secondary N) is 2. The Morgan fingerprint density at radius 2 is 1.74 bits per heavy atom. The molecule has 0 aromatic heterocycles. The Morgan fingerprint density at radius 3 is 2.39 bits per heavy atom. The minimum Gasteiger partial charge on any atom is -0.478 e. The zero-order valence-corrected chi connectivity index (χ0v) is 12.9. The summed E-state index contributed by atoms with van der Waals surface area (Å²) in [6.07, 6.45) is -0.989. The van der Waals surface area contributed by atoms with Crippen molar-refractivity contribution in [3.8, 4) is 5.75 Å². The average molecular weight is 337 g/mol. The summed E-state index contributed by atoms with van der Waals surface area (Å²) in [6.45, 7) is 1.44. The highest BCUT2D eigenvalue weighted by molar-refractivity contribution is 6.30. The molecule has 0 fully saturated rings. The van der Waals surface area contributed by atoms with Crippen molar-refractivity contribution in [2.75, 3.05) is 0 Å². The quantitative estimate of drug-likeness (QED) is 0.844. The van der Waals surface area contributed by atoms with E-state index in [1.807, 2.05) is 0 Å². The number of hydrogen-bond donors (Lipinski definition) is 2. The Balaban J connectivity index is 1.87. The average Bonchev–Trinajstić information content (AvgIpc) is 2.55. The summed E-state index contributed by atoms with van der Waals surface area (Å²) < 4.78 is 18.6. The maximum Gasteiger partial charge on any atom is 0.279 e. The third-order valence-corrected chi connectivity index (χ3v) is 3.17. The molecule has 0 aliphatic heterocycles. The fraction of sp³-hybridized carbons (Fsp3) is 0.125. The molecule has 0 bridgehead atoms. The van der Waals surface area contributed by atoms with E-state index in [0.29, 0.717) is 10.6 Å². The zero-order chi connectivity index (χ0) is 16.8. The van der Waals surface area contributed by atoms with Gasteiger partial charge in [0.1, 0.15) is 0 Å². The lowest BCUT2D eigenvalue weighted by molar-refractivity contribution is -0.128. The molecule has 0 saturated heterocycles. The maximum atomic E-state index is 13.4. The largest absolute Gasteiger partial charge is 0.478 e. The van der Waals surface area contributed by atoms with Crippen molar-refractivity contribution >= 4 is 23.4 Å². The Morgan fingerprint density at radius 1 is 1.09 bits per heavy atom. The van der Waals surface area contributed by atoms with Gasteiger partial charge in [0.15, 0.2) is 17.7 Å². The Bertz CT molecular complexity index is 707. The number of ether oxygens (including phenoxy) is 1. The van der Waals surface area contributed by atoms with Crippen LogP contribution in [-0.4, -0.2) is 17.9 Å². The van der Waals surface area contributed by atoms with Crippen LogP contribution in [0.15, 0.2) is 48.5 Å². The van der Waals surface area contributed by atoms with E-state index < -0.39 is 23.7 Å². The van der Waals surface area contributed by atoms with Crippen molar-refractivity contribution in [1.29, 1.82) is 0 Å². The lowest BCUT2D eigenvalue weighted by Gasteiger charge is -2.15. The lowest BCUT2D eigenvalue weighted by atomic mass is 10.2. The molecule has 120 valence electrons. The second-order valence-electron chi connectivity index (χ2n) is 4.64. The SMILES string of the molecule is CC(Oc1ccccc1F)C(=O)NNC(=O)c1ccc(Cl)cc1. The van der Waals surface area contributed by atoms with Gasteiger partial charge in [0.2, 0.25) is 0 Å². The van der Waals surface area contributed by atoms with Crippen LogP contribution in [0.25, 0.3) is 0 Å². The number of para-hydroxylation sites is 1. The van der Waals surface area contributed by atoms with Gasteiger partial charge in [0.25, 0.3) is 11.8 Å². The molecule has 0 aliphatic carbocycles. The highest BCUT2D eigenvalue weighted by Crippen LogP contribution is 2.16. The lowest BCUT2D eigenvalue weighted by Crippen LogP contribution is -2.47. The van der Waals surface area contributed by atoms with E-state index in [4.69, 9.17) is 16.3 Å². The summed E-state index contributed by atoms with van der Waals surface area (Å²) in [5.74, 6) is -1.74. The molecule has 2 rings (SSSR count). The molecule has 7 heteroatoms. The number of hydrazine groups is 1. The molecule has 0 spiro atoms. The molecule has 2 N–H and O–H groups in total. The molecule has 0 heterocycles.